The predicted molar refractivity (Wildman–Crippen MR) is 82.0 cm³/mol. The third kappa shape index (κ3) is 2.91. The van der Waals surface area contributed by atoms with Crippen LogP contribution in [0.15, 0.2) is 18.2 Å². The summed E-state index contributed by atoms with van der Waals surface area (Å²) in [5.74, 6) is -0.0296. The van der Waals surface area contributed by atoms with Gasteiger partial charge in [-0.1, -0.05) is 11.3 Å². The molecule has 0 radical (unpaired) electrons. The largest absolute Gasteiger partial charge is 0.375 e. The number of aromatic nitrogens is 1. The second kappa shape index (κ2) is 5.76. The molecular weight excluding hydrogens is 272 g/mol. The van der Waals surface area contributed by atoms with Gasteiger partial charge in [0.05, 0.1) is 10.2 Å². The van der Waals surface area contributed by atoms with E-state index in [2.05, 4.69) is 15.2 Å². The van der Waals surface area contributed by atoms with E-state index in [4.69, 9.17) is 5.73 Å². The molecule has 3 rings (SSSR count). The maximum atomic E-state index is 12.1. The Hall–Kier alpha value is -1.66. The van der Waals surface area contributed by atoms with E-state index in [0.29, 0.717) is 17.2 Å². The fraction of sp³-hybridized carbons (Fsp3) is 0.429. The Kier molecular flexibility index (Phi) is 3.84. The molecule has 0 atom stereocenters. The summed E-state index contributed by atoms with van der Waals surface area (Å²) in [5.41, 5.74) is 7.19. The SMILES string of the molecule is Nc1nc2ccc(C(=O)NCCN3CCCC3)cc2s1. The van der Waals surface area contributed by atoms with Crippen LogP contribution in [0.1, 0.15) is 23.2 Å². The number of hydrogen-bond donors (Lipinski definition) is 2. The summed E-state index contributed by atoms with van der Waals surface area (Å²) in [6, 6.07) is 5.50. The van der Waals surface area contributed by atoms with Crippen molar-refractivity contribution in [3.05, 3.63) is 23.8 Å². The standard InChI is InChI=1S/C14H18N4OS/c15-14-17-11-4-3-10(9-12(11)20-14)13(19)16-5-8-18-6-1-2-7-18/h3-4,9H,1-2,5-8H2,(H2,15,17)(H,16,19). The average molecular weight is 290 g/mol. The second-order valence-electron chi connectivity index (χ2n) is 5.04. The monoisotopic (exact) mass is 290 g/mol. The number of anilines is 1. The first-order valence-corrected chi connectivity index (χ1v) is 7.71. The van der Waals surface area contributed by atoms with Crippen LogP contribution in [0, 0.1) is 0 Å². The van der Waals surface area contributed by atoms with Crippen molar-refractivity contribution in [2.45, 2.75) is 12.8 Å². The summed E-state index contributed by atoms with van der Waals surface area (Å²) in [5, 5.41) is 3.50. The fourth-order valence-corrected chi connectivity index (χ4v) is 3.29. The minimum Gasteiger partial charge on any atom is -0.375 e. The van der Waals surface area contributed by atoms with Crippen LogP contribution >= 0.6 is 11.3 Å². The number of hydrogen-bond acceptors (Lipinski definition) is 5. The number of nitrogens with two attached hydrogens (primary N) is 1. The lowest BCUT2D eigenvalue weighted by Crippen LogP contribution is -2.33. The number of rotatable bonds is 4. The normalized spacial score (nSPS) is 15.8. The maximum absolute atomic E-state index is 12.1. The molecule has 1 amide bonds. The first kappa shape index (κ1) is 13.3. The number of nitrogens with one attached hydrogen (secondary N) is 1. The number of carbonyl (C=O) groups is 1. The molecule has 1 aromatic carbocycles. The van der Waals surface area contributed by atoms with Crippen LogP contribution in [-0.2, 0) is 0 Å². The highest BCUT2D eigenvalue weighted by molar-refractivity contribution is 7.22. The minimum absolute atomic E-state index is 0.0296. The molecular formula is C14H18N4OS. The Morgan fingerprint density at radius 2 is 2.20 bits per heavy atom. The van der Waals surface area contributed by atoms with Crippen LogP contribution in [0.25, 0.3) is 10.2 Å². The molecule has 2 heterocycles. The molecule has 2 aromatic rings. The lowest BCUT2D eigenvalue weighted by molar-refractivity contribution is 0.0950. The number of nitrogen functional groups attached to an aromatic ring is 1. The summed E-state index contributed by atoms with van der Waals surface area (Å²) in [7, 11) is 0. The predicted octanol–water partition coefficient (Wildman–Crippen LogP) is 1.70. The Balaban J connectivity index is 1.59. The van der Waals surface area contributed by atoms with Gasteiger partial charge in [0.2, 0.25) is 0 Å². The highest BCUT2D eigenvalue weighted by Gasteiger charge is 2.12. The van der Waals surface area contributed by atoms with Crippen LogP contribution in [0.3, 0.4) is 0 Å². The smallest absolute Gasteiger partial charge is 0.251 e. The molecule has 0 unspecified atom stereocenters. The Morgan fingerprint density at radius 3 is 3.00 bits per heavy atom. The molecule has 0 bridgehead atoms. The number of likely N-dealkylation sites (tertiary alicyclic amines) is 1. The number of nitrogens with zero attached hydrogens (tertiary/aromatic N) is 2. The first-order valence-electron chi connectivity index (χ1n) is 6.89. The van der Waals surface area contributed by atoms with Gasteiger partial charge < -0.3 is 16.0 Å². The zero-order chi connectivity index (χ0) is 13.9. The molecule has 106 valence electrons. The van der Waals surface area contributed by atoms with Gasteiger partial charge in [-0.15, -0.1) is 0 Å². The summed E-state index contributed by atoms with van der Waals surface area (Å²) < 4.78 is 0.953. The Labute approximate surface area is 121 Å². The van der Waals surface area contributed by atoms with Crippen LogP contribution in [0.5, 0.6) is 0 Å². The molecule has 1 aromatic heterocycles. The molecule has 5 nitrogen and oxygen atoms in total. The summed E-state index contributed by atoms with van der Waals surface area (Å²) in [4.78, 5) is 18.7. The quantitative estimate of drug-likeness (QED) is 0.899. The van der Waals surface area contributed by atoms with Gasteiger partial charge in [0, 0.05) is 18.7 Å². The molecule has 20 heavy (non-hydrogen) atoms. The molecule has 1 aliphatic heterocycles. The van der Waals surface area contributed by atoms with Crippen molar-refractivity contribution < 1.29 is 4.79 Å². The van der Waals surface area contributed by atoms with Gasteiger partial charge >= 0.3 is 0 Å². The lowest BCUT2D eigenvalue weighted by Gasteiger charge is -2.14. The zero-order valence-electron chi connectivity index (χ0n) is 11.3. The van der Waals surface area contributed by atoms with Crippen molar-refractivity contribution in [2.75, 3.05) is 31.9 Å². The minimum atomic E-state index is -0.0296. The van der Waals surface area contributed by atoms with E-state index in [9.17, 15) is 4.79 Å². The number of thiazole rings is 1. The number of benzene rings is 1. The van der Waals surface area contributed by atoms with Crippen LogP contribution in [0.2, 0.25) is 0 Å². The van der Waals surface area contributed by atoms with Crippen molar-refractivity contribution in [3.8, 4) is 0 Å². The summed E-state index contributed by atoms with van der Waals surface area (Å²) >= 11 is 1.41. The molecule has 0 spiro atoms. The highest BCUT2D eigenvalue weighted by atomic mass is 32.1. The van der Waals surface area contributed by atoms with Gasteiger partial charge in [-0.2, -0.15) is 0 Å². The van der Waals surface area contributed by atoms with Crippen LogP contribution in [0.4, 0.5) is 5.13 Å². The van der Waals surface area contributed by atoms with Crippen LogP contribution < -0.4 is 11.1 Å². The third-order valence-corrected chi connectivity index (χ3v) is 4.43. The highest BCUT2D eigenvalue weighted by Crippen LogP contribution is 2.24. The van der Waals surface area contributed by atoms with E-state index in [1.807, 2.05) is 12.1 Å². The van der Waals surface area contributed by atoms with E-state index >= 15 is 0 Å². The van der Waals surface area contributed by atoms with Gasteiger partial charge in [0.1, 0.15) is 0 Å². The second-order valence-corrected chi connectivity index (χ2v) is 6.10. The third-order valence-electron chi connectivity index (χ3n) is 3.58. The van der Waals surface area contributed by atoms with Gasteiger partial charge in [0.25, 0.3) is 5.91 Å². The zero-order valence-corrected chi connectivity index (χ0v) is 12.1. The van der Waals surface area contributed by atoms with Gasteiger partial charge in [-0.05, 0) is 44.1 Å². The van der Waals surface area contributed by atoms with Crippen molar-refractivity contribution in [3.63, 3.8) is 0 Å². The number of carbonyl (C=O) groups excluding carboxylic acids is 1. The molecule has 1 saturated heterocycles. The van der Waals surface area contributed by atoms with E-state index in [1.165, 1.54) is 24.2 Å². The number of fused-ring (bicyclic) bond motifs is 1. The van der Waals surface area contributed by atoms with Crippen LogP contribution in [-0.4, -0.2) is 42.0 Å². The van der Waals surface area contributed by atoms with Crippen molar-refractivity contribution in [1.29, 1.82) is 0 Å². The molecule has 3 N–H and O–H groups in total. The number of amides is 1. The summed E-state index contributed by atoms with van der Waals surface area (Å²) in [6.07, 6.45) is 2.55. The fourth-order valence-electron chi connectivity index (χ4n) is 2.52. The van der Waals surface area contributed by atoms with Gasteiger partial charge in [-0.3, -0.25) is 4.79 Å². The first-order chi connectivity index (χ1) is 9.72. The topological polar surface area (TPSA) is 71.2 Å². The molecule has 6 heteroatoms. The molecule has 1 aliphatic rings. The molecule has 0 aliphatic carbocycles. The summed E-state index contributed by atoms with van der Waals surface area (Å²) in [6.45, 7) is 3.94. The lowest BCUT2D eigenvalue weighted by atomic mass is 10.2. The van der Waals surface area contributed by atoms with Crippen molar-refractivity contribution in [2.24, 2.45) is 0 Å². The maximum Gasteiger partial charge on any atom is 0.251 e. The Bertz CT molecular complexity index is 619. The van der Waals surface area contributed by atoms with Crippen molar-refractivity contribution >= 4 is 32.6 Å². The van der Waals surface area contributed by atoms with E-state index in [1.54, 1.807) is 6.07 Å². The Morgan fingerprint density at radius 1 is 1.40 bits per heavy atom. The van der Waals surface area contributed by atoms with E-state index < -0.39 is 0 Å². The van der Waals surface area contributed by atoms with Crippen molar-refractivity contribution in [1.82, 2.24) is 15.2 Å². The van der Waals surface area contributed by atoms with E-state index in [0.717, 1.165) is 29.9 Å². The van der Waals surface area contributed by atoms with Gasteiger partial charge in [-0.25, -0.2) is 4.98 Å². The van der Waals surface area contributed by atoms with E-state index in [-0.39, 0.29) is 5.91 Å². The average Bonchev–Trinajstić information content (AvgIpc) is 3.05. The molecule has 1 fully saturated rings. The van der Waals surface area contributed by atoms with Gasteiger partial charge in [0.15, 0.2) is 5.13 Å². The molecule has 0 saturated carbocycles.